The molecule has 0 aliphatic heterocycles. The molecule has 4 rings (SSSR count). The molecule has 0 nitrogen and oxygen atoms in total. The number of fused-ring (bicyclic) bond motifs is 1. The molecule has 0 heteroatoms. The highest BCUT2D eigenvalue weighted by Gasteiger charge is 2.06. The SMILES string of the molecule is [c]1c(Cc2ccccc2)cc2ccccc2c1Cc1ccccc1. The van der Waals surface area contributed by atoms with Crippen LogP contribution >= 0.6 is 0 Å². The van der Waals surface area contributed by atoms with Crippen LogP contribution in [-0.4, -0.2) is 0 Å². The maximum absolute atomic E-state index is 3.68. The molecule has 0 aliphatic carbocycles. The van der Waals surface area contributed by atoms with Crippen LogP contribution in [0.3, 0.4) is 0 Å². The largest absolute Gasteiger partial charge is 0.0622 e. The van der Waals surface area contributed by atoms with Crippen LogP contribution in [0.5, 0.6) is 0 Å². The van der Waals surface area contributed by atoms with Gasteiger partial charge in [-0.15, -0.1) is 0 Å². The highest BCUT2D eigenvalue weighted by atomic mass is 14.1. The van der Waals surface area contributed by atoms with E-state index in [1.165, 1.54) is 33.0 Å². The minimum Gasteiger partial charge on any atom is -0.0622 e. The highest BCUT2D eigenvalue weighted by molar-refractivity contribution is 5.86. The van der Waals surface area contributed by atoms with Gasteiger partial charge in [-0.2, -0.15) is 0 Å². The van der Waals surface area contributed by atoms with Crippen LogP contribution in [0.25, 0.3) is 10.8 Å². The minimum absolute atomic E-state index is 0.921. The van der Waals surface area contributed by atoms with Gasteiger partial charge in [0.2, 0.25) is 0 Å². The summed E-state index contributed by atoms with van der Waals surface area (Å²) in [5.74, 6) is 0. The van der Waals surface area contributed by atoms with Gasteiger partial charge >= 0.3 is 0 Å². The van der Waals surface area contributed by atoms with Crippen molar-refractivity contribution in [3.05, 3.63) is 119 Å². The van der Waals surface area contributed by atoms with E-state index in [2.05, 4.69) is 97.1 Å². The van der Waals surface area contributed by atoms with Gasteiger partial charge in [0.25, 0.3) is 0 Å². The zero-order valence-corrected chi connectivity index (χ0v) is 13.6. The van der Waals surface area contributed by atoms with E-state index in [9.17, 15) is 0 Å². The molecule has 0 atom stereocenters. The van der Waals surface area contributed by atoms with Crippen molar-refractivity contribution in [1.82, 2.24) is 0 Å². The van der Waals surface area contributed by atoms with Crippen LogP contribution in [0.2, 0.25) is 0 Å². The van der Waals surface area contributed by atoms with E-state index in [-0.39, 0.29) is 0 Å². The van der Waals surface area contributed by atoms with Crippen molar-refractivity contribution in [2.45, 2.75) is 12.8 Å². The molecule has 115 valence electrons. The van der Waals surface area contributed by atoms with Crippen molar-refractivity contribution in [1.29, 1.82) is 0 Å². The molecule has 4 aromatic carbocycles. The van der Waals surface area contributed by atoms with E-state index in [4.69, 9.17) is 0 Å². The summed E-state index contributed by atoms with van der Waals surface area (Å²) in [6.07, 6.45) is 1.84. The predicted molar refractivity (Wildman–Crippen MR) is 101 cm³/mol. The lowest BCUT2D eigenvalue weighted by Gasteiger charge is -2.10. The molecule has 24 heavy (non-hydrogen) atoms. The Hall–Kier alpha value is -2.86. The molecule has 0 heterocycles. The maximum Gasteiger partial charge on any atom is -0.00133 e. The van der Waals surface area contributed by atoms with Crippen molar-refractivity contribution in [2.75, 3.05) is 0 Å². The summed E-state index contributed by atoms with van der Waals surface area (Å²) < 4.78 is 0. The lowest BCUT2D eigenvalue weighted by molar-refractivity contribution is 1.15. The van der Waals surface area contributed by atoms with Crippen molar-refractivity contribution >= 4 is 10.8 Å². The van der Waals surface area contributed by atoms with Gasteiger partial charge in [-0.25, -0.2) is 0 Å². The predicted octanol–water partition coefficient (Wildman–Crippen LogP) is 5.82. The Morgan fingerprint density at radius 2 is 1.17 bits per heavy atom. The molecular formula is C24H19. The summed E-state index contributed by atoms with van der Waals surface area (Å²) >= 11 is 0. The third-order valence-electron chi connectivity index (χ3n) is 4.39. The van der Waals surface area contributed by atoms with Crippen LogP contribution < -0.4 is 0 Å². The van der Waals surface area contributed by atoms with Crippen LogP contribution in [0.1, 0.15) is 22.3 Å². The summed E-state index contributed by atoms with van der Waals surface area (Å²) in [7, 11) is 0. The molecule has 4 aromatic rings. The van der Waals surface area contributed by atoms with Crippen LogP contribution in [0.4, 0.5) is 0 Å². The lowest BCUT2D eigenvalue weighted by atomic mass is 9.93. The fraction of sp³-hybridized carbons (Fsp3) is 0.0833. The molecular weight excluding hydrogens is 288 g/mol. The zero-order valence-electron chi connectivity index (χ0n) is 13.6. The second-order valence-corrected chi connectivity index (χ2v) is 6.19. The summed E-state index contributed by atoms with van der Waals surface area (Å²) in [5.41, 5.74) is 5.20. The Bertz CT molecular complexity index is 937. The smallest absolute Gasteiger partial charge is 0.00133 e. The van der Waals surface area contributed by atoms with Gasteiger partial charge in [-0.05, 0) is 51.9 Å². The average Bonchev–Trinajstić information content (AvgIpc) is 2.63. The molecule has 0 aliphatic rings. The van der Waals surface area contributed by atoms with E-state index in [0.717, 1.165) is 12.8 Å². The maximum atomic E-state index is 3.68. The monoisotopic (exact) mass is 307 g/mol. The van der Waals surface area contributed by atoms with E-state index in [0.29, 0.717) is 0 Å². The Morgan fingerprint density at radius 1 is 0.583 bits per heavy atom. The average molecular weight is 307 g/mol. The van der Waals surface area contributed by atoms with E-state index in [1.54, 1.807) is 0 Å². The van der Waals surface area contributed by atoms with E-state index < -0.39 is 0 Å². The first-order valence-electron chi connectivity index (χ1n) is 8.39. The molecule has 0 amide bonds. The Morgan fingerprint density at radius 3 is 1.88 bits per heavy atom. The normalized spacial score (nSPS) is 10.8. The zero-order chi connectivity index (χ0) is 16.2. The van der Waals surface area contributed by atoms with Gasteiger partial charge in [-0.3, -0.25) is 0 Å². The number of rotatable bonds is 4. The van der Waals surface area contributed by atoms with Crippen LogP contribution in [0.15, 0.2) is 91.0 Å². The van der Waals surface area contributed by atoms with Gasteiger partial charge in [0.15, 0.2) is 0 Å². The fourth-order valence-corrected chi connectivity index (χ4v) is 3.23. The van der Waals surface area contributed by atoms with Crippen LogP contribution in [-0.2, 0) is 12.8 Å². The van der Waals surface area contributed by atoms with Gasteiger partial charge in [-0.1, -0.05) is 91.0 Å². The van der Waals surface area contributed by atoms with Crippen LogP contribution in [0, 0.1) is 6.07 Å². The molecule has 0 saturated carbocycles. The topological polar surface area (TPSA) is 0 Å². The van der Waals surface area contributed by atoms with E-state index >= 15 is 0 Å². The summed E-state index contributed by atoms with van der Waals surface area (Å²) in [4.78, 5) is 0. The van der Waals surface area contributed by atoms with Gasteiger partial charge in [0.05, 0.1) is 0 Å². The van der Waals surface area contributed by atoms with Gasteiger partial charge < -0.3 is 0 Å². The summed E-state index contributed by atoms with van der Waals surface area (Å²) in [5, 5.41) is 2.60. The molecule has 0 N–H and O–H groups in total. The minimum atomic E-state index is 0.921. The molecule has 0 spiro atoms. The quantitative estimate of drug-likeness (QED) is 0.445. The first-order chi connectivity index (χ1) is 11.9. The van der Waals surface area contributed by atoms with Crippen molar-refractivity contribution in [3.8, 4) is 0 Å². The number of hydrogen-bond acceptors (Lipinski definition) is 0. The highest BCUT2D eigenvalue weighted by Crippen LogP contribution is 2.24. The fourth-order valence-electron chi connectivity index (χ4n) is 3.23. The first kappa shape index (κ1) is 14.7. The van der Waals surface area contributed by atoms with Crippen molar-refractivity contribution in [2.24, 2.45) is 0 Å². The van der Waals surface area contributed by atoms with Crippen molar-refractivity contribution < 1.29 is 0 Å². The van der Waals surface area contributed by atoms with Gasteiger partial charge in [0.1, 0.15) is 0 Å². The standard InChI is InChI=1S/C24H19/c1-3-9-19(10-4-1)15-21-17-22-13-7-8-14-24(22)23(18-21)16-20-11-5-2-6-12-20/h1-14,17H,15-16H2. The third kappa shape index (κ3) is 3.23. The first-order valence-corrected chi connectivity index (χ1v) is 8.39. The molecule has 0 unspecified atom stereocenters. The number of hydrogen-bond donors (Lipinski definition) is 0. The molecule has 1 radical (unpaired) electrons. The lowest BCUT2D eigenvalue weighted by Crippen LogP contribution is -1.95. The molecule has 0 fully saturated rings. The third-order valence-corrected chi connectivity index (χ3v) is 4.39. The number of benzene rings is 4. The second kappa shape index (κ2) is 6.72. The molecule has 0 bridgehead atoms. The Kier molecular flexibility index (Phi) is 4.12. The Labute approximate surface area is 143 Å². The molecule has 0 aromatic heterocycles. The second-order valence-electron chi connectivity index (χ2n) is 6.19. The van der Waals surface area contributed by atoms with E-state index in [1.807, 2.05) is 0 Å². The summed E-state index contributed by atoms with van der Waals surface area (Å²) in [6, 6.07) is 35.9. The summed E-state index contributed by atoms with van der Waals surface area (Å²) in [6.45, 7) is 0. The molecule has 0 saturated heterocycles. The van der Waals surface area contributed by atoms with Crippen molar-refractivity contribution in [3.63, 3.8) is 0 Å². The Balaban J connectivity index is 1.76. The van der Waals surface area contributed by atoms with Gasteiger partial charge in [0, 0.05) is 0 Å².